The van der Waals surface area contributed by atoms with Gasteiger partial charge in [-0.2, -0.15) is 0 Å². The molecule has 1 aromatic heterocycles. The van der Waals surface area contributed by atoms with Crippen LogP contribution in [0, 0.1) is 10.1 Å². The van der Waals surface area contributed by atoms with E-state index in [1.165, 1.54) is 42.7 Å². The van der Waals surface area contributed by atoms with Gasteiger partial charge in [-0.25, -0.2) is 0 Å². The molecule has 0 unspecified atom stereocenters. The quantitative estimate of drug-likeness (QED) is 0.395. The van der Waals surface area contributed by atoms with Crippen molar-refractivity contribution >= 4 is 34.8 Å². The number of hydrogen-bond donors (Lipinski definition) is 3. The molecule has 26 heavy (non-hydrogen) atoms. The number of para-hydroxylation sites is 2. The zero-order chi connectivity index (χ0) is 18.9. The summed E-state index contributed by atoms with van der Waals surface area (Å²) < 4.78 is 5.12. The summed E-state index contributed by atoms with van der Waals surface area (Å²) >= 11 is 4.86. The second-order valence-electron chi connectivity index (χ2n) is 4.71. The minimum Gasteiger partial charge on any atom is -0.477 e. The number of rotatable bonds is 5. The molecule has 1 aromatic carbocycles. The number of thiocarbonyl (C=S) groups is 1. The maximum atomic E-state index is 11.8. The molecule has 0 saturated heterocycles. The number of carbonyl (C=O) groups excluding carboxylic acids is 2. The average molecular weight is 375 g/mol. The third-order valence-corrected chi connectivity index (χ3v) is 3.11. The molecule has 2 rings (SSSR count). The van der Waals surface area contributed by atoms with E-state index in [1.54, 1.807) is 6.07 Å². The fraction of sp³-hybridized carbons (Fsp3) is 0.0667. The van der Waals surface area contributed by atoms with E-state index in [0.29, 0.717) is 5.56 Å². The number of ether oxygens (including phenoxy) is 1. The van der Waals surface area contributed by atoms with Crippen molar-refractivity contribution in [3.8, 4) is 5.75 Å². The van der Waals surface area contributed by atoms with Crippen molar-refractivity contribution in [3.05, 3.63) is 64.5 Å². The highest BCUT2D eigenvalue weighted by molar-refractivity contribution is 7.80. The number of carbonyl (C=O) groups is 2. The van der Waals surface area contributed by atoms with Crippen LogP contribution in [0.15, 0.2) is 48.8 Å². The van der Waals surface area contributed by atoms with E-state index < -0.39 is 23.3 Å². The van der Waals surface area contributed by atoms with E-state index in [-0.39, 0.29) is 16.5 Å². The smallest absolute Gasteiger partial charge is 0.310 e. The molecule has 11 heteroatoms. The largest absolute Gasteiger partial charge is 0.477 e. The molecule has 0 aliphatic heterocycles. The van der Waals surface area contributed by atoms with Gasteiger partial charge in [0.2, 0.25) is 0 Å². The molecule has 3 N–H and O–H groups in total. The van der Waals surface area contributed by atoms with Crippen LogP contribution in [-0.2, 0) is 4.79 Å². The Balaban J connectivity index is 1.78. The molecule has 134 valence electrons. The number of nitro groups is 1. The van der Waals surface area contributed by atoms with E-state index in [2.05, 4.69) is 21.2 Å². The number of nitrogens with one attached hydrogen (secondary N) is 3. The summed E-state index contributed by atoms with van der Waals surface area (Å²) in [5.74, 6) is -1.17. The van der Waals surface area contributed by atoms with Gasteiger partial charge in [0.05, 0.1) is 4.92 Å². The molecule has 0 aliphatic carbocycles. The van der Waals surface area contributed by atoms with Gasteiger partial charge in [-0.3, -0.25) is 40.9 Å². The Morgan fingerprint density at radius 2 is 1.85 bits per heavy atom. The van der Waals surface area contributed by atoms with Gasteiger partial charge in [0.25, 0.3) is 11.8 Å². The fourth-order valence-electron chi connectivity index (χ4n) is 1.76. The lowest BCUT2D eigenvalue weighted by atomic mass is 10.3. The Kier molecular flexibility index (Phi) is 6.51. The van der Waals surface area contributed by atoms with Crippen LogP contribution >= 0.6 is 12.2 Å². The van der Waals surface area contributed by atoms with Gasteiger partial charge in [0.15, 0.2) is 17.5 Å². The topological polar surface area (TPSA) is 135 Å². The Morgan fingerprint density at radius 1 is 1.15 bits per heavy atom. The first-order chi connectivity index (χ1) is 12.5. The van der Waals surface area contributed by atoms with Crippen molar-refractivity contribution in [1.82, 2.24) is 21.2 Å². The summed E-state index contributed by atoms with van der Waals surface area (Å²) in [6.07, 6.45) is 2.91. The third kappa shape index (κ3) is 5.49. The number of hydrogen-bond acceptors (Lipinski definition) is 7. The maximum absolute atomic E-state index is 11.8. The Morgan fingerprint density at radius 3 is 2.54 bits per heavy atom. The minimum atomic E-state index is -0.654. The van der Waals surface area contributed by atoms with E-state index in [9.17, 15) is 19.7 Å². The second kappa shape index (κ2) is 9.03. The van der Waals surface area contributed by atoms with Crippen LogP contribution in [0.3, 0.4) is 0 Å². The van der Waals surface area contributed by atoms with Crippen molar-refractivity contribution in [1.29, 1.82) is 0 Å². The van der Waals surface area contributed by atoms with E-state index in [4.69, 9.17) is 17.0 Å². The van der Waals surface area contributed by atoms with Crippen molar-refractivity contribution in [3.63, 3.8) is 0 Å². The first-order valence-electron chi connectivity index (χ1n) is 7.14. The number of amides is 2. The van der Waals surface area contributed by atoms with Crippen molar-refractivity contribution in [2.45, 2.75) is 0 Å². The fourth-order valence-corrected chi connectivity index (χ4v) is 1.92. The standard InChI is InChI=1S/C15H13N5O5S/c21-13(9-25-12-4-2-1-3-11(12)20(23)24)17-15(26)19-18-14(22)10-5-7-16-8-6-10/h1-8H,9H2,(H,18,22)(H2,17,19,21,26). The first-order valence-corrected chi connectivity index (χ1v) is 7.54. The van der Waals surface area contributed by atoms with Crippen LogP contribution in [-0.4, -0.2) is 33.4 Å². The number of nitro benzene ring substituents is 1. The lowest BCUT2D eigenvalue weighted by Crippen LogP contribution is -2.49. The predicted octanol–water partition coefficient (Wildman–Crippen LogP) is 0.704. The number of pyridine rings is 1. The van der Waals surface area contributed by atoms with Gasteiger partial charge in [-0.05, 0) is 30.4 Å². The molecule has 1 heterocycles. The second-order valence-corrected chi connectivity index (χ2v) is 5.11. The highest BCUT2D eigenvalue weighted by atomic mass is 32.1. The Hall–Kier alpha value is -3.60. The highest BCUT2D eigenvalue weighted by Gasteiger charge is 2.15. The van der Waals surface area contributed by atoms with Gasteiger partial charge in [0, 0.05) is 24.0 Å². The van der Waals surface area contributed by atoms with Gasteiger partial charge in [-0.15, -0.1) is 0 Å². The summed E-state index contributed by atoms with van der Waals surface area (Å²) in [6.45, 7) is -0.495. The summed E-state index contributed by atoms with van der Waals surface area (Å²) in [5, 5.41) is 13.0. The summed E-state index contributed by atoms with van der Waals surface area (Å²) in [6, 6.07) is 8.65. The molecular weight excluding hydrogens is 362 g/mol. The lowest BCUT2D eigenvalue weighted by Gasteiger charge is -2.11. The van der Waals surface area contributed by atoms with Crippen LogP contribution in [0.4, 0.5) is 5.69 Å². The Labute approximate surface area is 152 Å². The van der Waals surface area contributed by atoms with Crippen LogP contribution < -0.4 is 20.9 Å². The van der Waals surface area contributed by atoms with E-state index in [0.717, 1.165) is 0 Å². The number of benzene rings is 1. The average Bonchev–Trinajstić information content (AvgIpc) is 2.65. The van der Waals surface area contributed by atoms with Crippen LogP contribution in [0.2, 0.25) is 0 Å². The monoisotopic (exact) mass is 375 g/mol. The number of nitrogens with zero attached hydrogens (tertiary/aromatic N) is 2. The molecular formula is C15H13N5O5S. The van der Waals surface area contributed by atoms with Gasteiger partial charge < -0.3 is 4.74 Å². The molecule has 2 aromatic rings. The highest BCUT2D eigenvalue weighted by Crippen LogP contribution is 2.25. The lowest BCUT2D eigenvalue weighted by molar-refractivity contribution is -0.385. The maximum Gasteiger partial charge on any atom is 0.310 e. The molecule has 2 amide bonds. The summed E-state index contributed by atoms with van der Waals surface area (Å²) in [4.78, 5) is 37.6. The van der Waals surface area contributed by atoms with Gasteiger partial charge in [0.1, 0.15) is 0 Å². The van der Waals surface area contributed by atoms with Gasteiger partial charge in [-0.1, -0.05) is 12.1 Å². The molecule has 0 fully saturated rings. The minimum absolute atomic E-state index is 0.0440. The SMILES string of the molecule is O=C(COc1ccccc1[N+](=O)[O-])NC(=S)NNC(=O)c1ccncc1. The molecule has 10 nitrogen and oxygen atoms in total. The van der Waals surface area contributed by atoms with E-state index >= 15 is 0 Å². The molecule has 0 bridgehead atoms. The third-order valence-electron chi connectivity index (χ3n) is 2.91. The molecule has 0 radical (unpaired) electrons. The van der Waals surface area contributed by atoms with Crippen LogP contribution in [0.1, 0.15) is 10.4 Å². The molecule has 0 atom stereocenters. The molecule has 0 saturated carbocycles. The first kappa shape index (κ1) is 18.7. The van der Waals surface area contributed by atoms with Crippen LogP contribution in [0.5, 0.6) is 5.75 Å². The predicted molar refractivity (Wildman–Crippen MR) is 94.2 cm³/mol. The van der Waals surface area contributed by atoms with Gasteiger partial charge >= 0.3 is 5.69 Å². The zero-order valence-corrected chi connectivity index (χ0v) is 14.0. The van der Waals surface area contributed by atoms with Crippen molar-refractivity contribution in [2.24, 2.45) is 0 Å². The van der Waals surface area contributed by atoms with E-state index in [1.807, 2.05) is 0 Å². The zero-order valence-electron chi connectivity index (χ0n) is 13.2. The normalized spacial score (nSPS) is 9.69. The molecule has 0 spiro atoms. The molecule has 0 aliphatic rings. The van der Waals surface area contributed by atoms with Crippen molar-refractivity contribution < 1.29 is 19.2 Å². The van der Waals surface area contributed by atoms with Crippen LogP contribution in [0.25, 0.3) is 0 Å². The van der Waals surface area contributed by atoms with Crippen molar-refractivity contribution in [2.75, 3.05) is 6.61 Å². The summed E-state index contributed by atoms with van der Waals surface area (Å²) in [7, 11) is 0. The summed E-state index contributed by atoms with van der Waals surface area (Å²) in [5.41, 5.74) is 4.74. The number of hydrazine groups is 1. The number of aromatic nitrogens is 1. The Bertz CT molecular complexity index is 830.